The Morgan fingerprint density at radius 2 is 1.55 bits per heavy atom. The number of pyridine rings is 1. The van der Waals surface area contributed by atoms with Crippen LogP contribution < -0.4 is 9.47 Å². The fraction of sp³-hybridized carbons (Fsp3) is 0.393. The van der Waals surface area contributed by atoms with Crippen LogP contribution in [0.2, 0.25) is 0 Å². The van der Waals surface area contributed by atoms with Gasteiger partial charge < -0.3 is 9.47 Å². The van der Waals surface area contributed by atoms with Gasteiger partial charge in [0.2, 0.25) is 0 Å². The molecule has 0 spiro atoms. The molecule has 164 valence electrons. The summed E-state index contributed by atoms with van der Waals surface area (Å²) in [6.07, 6.45) is 14.5. The van der Waals surface area contributed by atoms with E-state index in [-0.39, 0.29) is 0 Å². The van der Waals surface area contributed by atoms with E-state index < -0.39 is 0 Å². The van der Waals surface area contributed by atoms with Gasteiger partial charge in [-0.15, -0.1) is 0 Å². The molecule has 0 aliphatic carbocycles. The normalized spacial score (nSPS) is 11.3. The second-order valence-corrected chi connectivity index (χ2v) is 8.00. The van der Waals surface area contributed by atoms with E-state index in [0.717, 1.165) is 46.7 Å². The van der Waals surface area contributed by atoms with Crippen LogP contribution in [0.15, 0.2) is 54.6 Å². The zero-order valence-electron chi connectivity index (χ0n) is 19.0. The number of aromatic nitrogens is 1. The molecule has 0 saturated heterocycles. The van der Waals surface area contributed by atoms with E-state index in [2.05, 4.69) is 31.2 Å². The molecule has 1 heterocycles. The number of hydrogen-bond acceptors (Lipinski definition) is 3. The lowest BCUT2D eigenvalue weighted by Crippen LogP contribution is -1.99. The average Bonchev–Trinajstić information content (AvgIpc) is 2.82. The highest BCUT2D eigenvalue weighted by molar-refractivity contribution is 5.80. The Morgan fingerprint density at radius 1 is 0.774 bits per heavy atom. The molecule has 0 radical (unpaired) electrons. The van der Waals surface area contributed by atoms with Crippen LogP contribution in [0.5, 0.6) is 11.5 Å². The molecule has 0 saturated carbocycles. The molecule has 0 atom stereocenters. The lowest BCUT2D eigenvalue weighted by Gasteiger charge is -2.11. The lowest BCUT2D eigenvalue weighted by atomic mass is 10.1. The van der Waals surface area contributed by atoms with Crippen molar-refractivity contribution in [2.45, 2.75) is 58.3 Å². The minimum Gasteiger partial charge on any atom is -0.493 e. The third kappa shape index (κ3) is 7.43. The number of ether oxygens (including phenoxy) is 2. The summed E-state index contributed by atoms with van der Waals surface area (Å²) in [4.78, 5) is 4.69. The van der Waals surface area contributed by atoms with E-state index in [1.807, 2.05) is 42.5 Å². The molecule has 0 N–H and O–H groups in total. The number of methoxy groups -OCH3 is 1. The number of fused-ring (bicyclic) bond motifs is 1. The van der Waals surface area contributed by atoms with Gasteiger partial charge in [-0.3, -0.25) is 0 Å². The molecule has 2 aromatic carbocycles. The van der Waals surface area contributed by atoms with Crippen LogP contribution in [-0.4, -0.2) is 18.7 Å². The number of benzene rings is 2. The SMILES string of the molecule is CCCCCCCCCCOc1ccc(/C=C/c2ccc3ccccc3n2)cc1OC. The maximum absolute atomic E-state index is 5.98. The molecule has 3 aromatic rings. The van der Waals surface area contributed by atoms with Crippen LogP contribution >= 0.6 is 0 Å². The first kappa shape index (κ1) is 22.9. The summed E-state index contributed by atoms with van der Waals surface area (Å²) in [5.41, 5.74) is 3.01. The van der Waals surface area contributed by atoms with Crippen LogP contribution in [0.1, 0.15) is 69.5 Å². The van der Waals surface area contributed by atoms with E-state index >= 15 is 0 Å². The second-order valence-electron chi connectivity index (χ2n) is 8.00. The van der Waals surface area contributed by atoms with E-state index in [4.69, 9.17) is 14.5 Å². The standard InChI is InChI=1S/C28H35NO2/c1-3-4-5-6-7-8-9-12-21-31-27-20-16-23(22-28(27)30-2)15-18-25-19-17-24-13-10-11-14-26(24)29-25/h10-11,13-20,22H,3-9,12,21H2,1-2H3/b18-15+. The summed E-state index contributed by atoms with van der Waals surface area (Å²) < 4.78 is 11.5. The van der Waals surface area contributed by atoms with Crippen LogP contribution in [0.25, 0.3) is 23.1 Å². The van der Waals surface area contributed by atoms with Gasteiger partial charge in [0.05, 0.1) is 24.9 Å². The zero-order chi connectivity index (χ0) is 21.7. The largest absolute Gasteiger partial charge is 0.493 e. The number of unbranched alkanes of at least 4 members (excludes halogenated alkanes) is 7. The highest BCUT2D eigenvalue weighted by atomic mass is 16.5. The third-order valence-corrected chi connectivity index (χ3v) is 5.51. The Morgan fingerprint density at radius 3 is 2.35 bits per heavy atom. The van der Waals surface area contributed by atoms with Gasteiger partial charge in [0.15, 0.2) is 11.5 Å². The Hall–Kier alpha value is -2.81. The van der Waals surface area contributed by atoms with Gasteiger partial charge >= 0.3 is 0 Å². The van der Waals surface area contributed by atoms with Gasteiger partial charge in [0, 0.05) is 5.39 Å². The van der Waals surface area contributed by atoms with E-state index in [1.165, 1.54) is 44.9 Å². The van der Waals surface area contributed by atoms with Crippen molar-refractivity contribution in [3.63, 3.8) is 0 Å². The molecule has 3 heteroatoms. The Balaban J connectivity index is 1.49. The molecule has 0 aliphatic heterocycles. The van der Waals surface area contributed by atoms with Crippen molar-refractivity contribution in [1.82, 2.24) is 4.98 Å². The maximum atomic E-state index is 5.98. The molecule has 3 rings (SSSR count). The van der Waals surface area contributed by atoms with Gasteiger partial charge in [-0.05, 0) is 42.3 Å². The molecule has 31 heavy (non-hydrogen) atoms. The van der Waals surface area contributed by atoms with E-state index in [1.54, 1.807) is 7.11 Å². The van der Waals surface area contributed by atoms with E-state index in [9.17, 15) is 0 Å². The second kappa shape index (κ2) is 12.8. The fourth-order valence-electron chi connectivity index (χ4n) is 3.68. The van der Waals surface area contributed by atoms with Gasteiger partial charge in [0.1, 0.15) is 0 Å². The number of hydrogen-bond donors (Lipinski definition) is 0. The number of nitrogens with zero attached hydrogens (tertiary/aromatic N) is 1. The van der Waals surface area contributed by atoms with Crippen molar-refractivity contribution in [2.24, 2.45) is 0 Å². The van der Waals surface area contributed by atoms with Crippen LogP contribution in [0, 0.1) is 0 Å². The topological polar surface area (TPSA) is 31.4 Å². The monoisotopic (exact) mass is 417 g/mol. The summed E-state index contributed by atoms with van der Waals surface area (Å²) in [7, 11) is 1.69. The Labute approximate surface area is 187 Å². The summed E-state index contributed by atoms with van der Waals surface area (Å²) in [6.45, 7) is 3.00. The highest BCUT2D eigenvalue weighted by Gasteiger charge is 2.05. The lowest BCUT2D eigenvalue weighted by molar-refractivity contribution is 0.284. The molecule has 1 aromatic heterocycles. The van der Waals surface area contributed by atoms with Gasteiger partial charge in [-0.1, -0.05) is 88.3 Å². The van der Waals surface area contributed by atoms with E-state index in [0.29, 0.717) is 0 Å². The van der Waals surface area contributed by atoms with Gasteiger partial charge in [-0.25, -0.2) is 4.98 Å². The molecule has 0 bridgehead atoms. The first-order chi connectivity index (χ1) is 15.3. The van der Waals surface area contributed by atoms with Crippen molar-refractivity contribution >= 4 is 23.1 Å². The van der Waals surface area contributed by atoms with Crippen LogP contribution in [-0.2, 0) is 0 Å². The minimum absolute atomic E-state index is 0.738. The quantitative estimate of drug-likeness (QED) is 0.265. The van der Waals surface area contributed by atoms with Crippen molar-refractivity contribution in [2.75, 3.05) is 13.7 Å². The molecule has 0 aliphatic rings. The first-order valence-corrected chi connectivity index (χ1v) is 11.6. The summed E-state index contributed by atoms with van der Waals surface area (Å²) in [6, 6.07) is 18.4. The molecular weight excluding hydrogens is 382 g/mol. The van der Waals surface area contributed by atoms with Crippen molar-refractivity contribution in [1.29, 1.82) is 0 Å². The smallest absolute Gasteiger partial charge is 0.161 e. The van der Waals surface area contributed by atoms with Crippen LogP contribution in [0.3, 0.4) is 0 Å². The predicted octanol–water partition coefficient (Wildman–Crippen LogP) is 7.93. The maximum Gasteiger partial charge on any atom is 0.161 e. The highest BCUT2D eigenvalue weighted by Crippen LogP contribution is 2.29. The van der Waals surface area contributed by atoms with Crippen LogP contribution in [0.4, 0.5) is 0 Å². The summed E-state index contributed by atoms with van der Waals surface area (Å²) in [5.74, 6) is 1.58. The fourth-order valence-corrected chi connectivity index (χ4v) is 3.68. The van der Waals surface area contributed by atoms with Crippen molar-refractivity contribution < 1.29 is 9.47 Å². The minimum atomic E-state index is 0.738. The number of para-hydroxylation sites is 1. The van der Waals surface area contributed by atoms with Crippen molar-refractivity contribution in [3.05, 3.63) is 65.9 Å². The molecule has 3 nitrogen and oxygen atoms in total. The van der Waals surface area contributed by atoms with Gasteiger partial charge in [0.25, 0.3) is 0 Å². The third-order valence-electron chi connectivity index (χ3n) is 5.51. The van der Waals surface area contributed by atoms with Crippen molar-refractivity contribution in [3.8, 4) is 11.5 Å². The van der Waals surface area contributed by atoms with Gasteiger partial charge in [-0.2, -0.15) is 0 Å². The summed E-state index contributed by atoms with van der Waals surface area (Å²) in [5, 5.41) is 1.15. The predicted molar refractivity (Wildman–Crippen MR) is 132 cm³/mol. The number of rotatable bonds is 13. The Bertz CT molecular complexity index is 964. The Kier molecular flexibility index (Phi) is 9.43. The molecule has 0 fully saturated rings. The zero-order valence-corrected chi connectivity index (χ0v) is 19.0. The first-order valence-electron chi connectivity index (χ1n) is 11.6. The molecule has 0 amide bonds. The summed E-state index contributed by atoms with van der Waals surface area (Å²) >= 11 is 0. The average molecular weight is 418 g/mol. The molecular formula is C28H35NO2. The molecule has 0 unspecified atom stereocenters.